The summed E-state index contributed by atoms with van der Waals surface area (Å²) in [5, 5.41) is 3.27. The van der Waals surface area contributed by atoms with Gasteiger partial charge >= 0.3 is 0 Å². The average Bonchev–Trinajstić information content (AvgIpc) is 1.35. The van der Waals surface area contributed by atoms with Crippen molar-refractivity contribution in [2.75, 3.05) is 0 Å². The third kappa shape index (κ3) is 3.60. The molecule has 0 saturated heterocycles. The summed E-state index contributed by atoms with van der Waals surface area (Å²) in [7, 11) is 0. The van der Waals surface area contributed by atoms with Gasteiger partial charge in [0.2, 0.25) is 0 Å². The summed E-state index contributed by atoms with van der Waals surface area (Å²) in [5.41, 5.74) is 6.31. The van der Waals surface area contributed by atoms with Crippen LogP contribution in [0.1, 0.15) is 20.8 Å². The number of nitrogens with one attached hydrogen (secondary N) is 1. The van der Waals surface area contributed by atoms with Crippen LogP contribution in [-0.4, -0.2) is 5.54 Å². The second kappa shape index (κ2) is 1.37. The van der Waals surface area contributed by atoms with Crippen LogP contribution in [0.15, 0.2) is 5.11 Å². The third-order valence-corrected chi connectivity index (χ3v) is 0.335. The first kappa shape index (κ1) is 5.60. The van der Waals surface area contributed by atoms with E-state index in [1.807, 2.05) is 20.8 Å². The predicted octanol–water partition coefficient (Wildman–Crippen LogP) is 1.82. The van der Waals surface area contributed by atoms with E-state index in [-0.39, 0.29) is 5.54 Å². The summed E-state index contributed by atoms with van der Waals surface area (Å²) in [5.74, 6) is 0. The van der Waals surface area contributed by atoms with Gasteiger partial charge in [0.1, 0.15) is 0 Å². The highest BCUT2D eigenvalue weighted by atomic mass is 15.0. The zero-order chi connectivity index (χ0) is 5.21. The third-order valence-electron chi connectivity index (χ3n) is 0.335. The summed E-state index contributed by atoms with van der Waals surface area (Å²) in [6.45, 7) is 5.67. The van der Waals surface area contributed by atoms with E-state index >= 15 is 0 Å². The van der Waals surface area contributed by atoms with Gasteiger partial charge in [0.25, 0.3) is 0 Å². The van der Waals surface area contributed by atoms with Crippen molar-refractivity contribution in [1.82, 2.24) is 0 Å². The molecule has 2 heteroatoms. The van der Waals surface area contributed by atoms with Crippen molar-refractivity contribution in [2.24, 2.45) is 5.11 Å². The molecule has 0 heterocycles. The molecule has 0 aliphatic heterocycles. The van der Waals surface area contributed by atoms with Gasteiger partial charge in [0, 0.05) is 0 Å². The summed E-state index contributed by atoms with van der Waals surface area (Å²) in [4.78, 5) is 0. The lowest BCUT2D eigenvalue weighted by Gasteiger charge is -2.05. The minimum atomic E-state index is -0.167. The summed E-state index contributed by atoms with van der Waals surface area (Å²) in [6, 6.07) is 0. The second-order valence-corrected chi connectivity index (χ2v) is 2.28. The Morgan fingerprint density at radius 3 is 1.50 bits per heavy atom. The molecule has 0 aromatic heterocycles. The van der Waals surface area contributed by atoms with Crippen LogP contribution in [0.25, 0.3) is 0 Å². The molecular formula is C4H10N2. The van der Waals surface area contributed by atoms with Gasteiger partial charge in [0.15, 0.2) is 0 Å². The van der Waals surface area contributed by atoms with Gasteiger partial charge < -0.3 is 0 Å². The Labute approximate surface area is 38.1 Å². The average molecular weight is 86.1 g/mol. The van der Waals surface area contributed by atoms with Crippen molar-refractivity contribution < 1.29 is 0 Å². The monoisotopic (exact) mass is 86.1 g/mol. The fourth-order valence-corrected chi connectivity index (χ4v) is 0. The van der Waals surface area contributed by atoms with E-state index in [1.54, 1.807) is 0 Å². The summed E-state index contributed by atoms with van der Waals surface area (Å²) < 4.78 is 0. The molecule has 6 heavy (non-hydrogen) atoms. The first-order valence-corrected chi connectivity index (χ1v) is 1.95. The van der Waals surface area contributed by atoms with Crippen molar-refractivity contribution in [3.8, 4) is 0 Å². The smallest absolute Gasteiger partial charge is 0.0729 e. The highest BCUT2D eigenvalue weighted by Crippen LogP contribution is 2.03. The summed E-state index contributed by atoms with van der Waals surface area (Å²) >= 11 is 0. The number of hydrogen-bond donors (Lipinski definition) is 1. The van der Waals surface area contributed by atoms with Crippen molar-refractivity contribution in [3.05, 3.63) is 0 Å². The minimum Gasteiger partial charge on any atom is -0.209 e. The fraction of sp³-hybridized carbons (Fsp3) is 1.00. The zero-order valence-electron chi connectivity index (χ0n) is 4.45. The van der Waals surface area contributed by atoms with Crippen molar-refractivity contribution in [1.29, 1.82) is 5.53 Å². The number of hydrogen-bond acceptors (Lipinski definition) is 2. The van der Waals surface area contributed by atoms with Gasteiger partial charge in [0.05, 0.1) is 5.54 Å². The molecule has 2 nitrogen and oxygen atoms in total. The molecule has 0 atom stereocenters. The van der Waals surface area contributed by atoms with Crippen LogP contribution in [0.4, 0.5) is 0 Å². The van der Waals surface area contributed by atoms with Crippen LogP contribution in [0.3, 0.4) is 0 Å². The van der Waals surface area contributed by atoms with Crippen LogP contribution < -0.4 is 0 Å². The first-order chi connectivity index (χ1) is 2.56. The maximum atomic E-state index is 6.48. The lowest BCUT2D eigenvalue weighted by molar-refractivity contribution is 0.535. The van der Waals surface area contributed by atoms with E-state index in [1.165, 1.54) is 0 Å². The Hall–Kier alpha value is -0.400. The van der Waals surface area contributed by atoms with E-state index in [4.69, 9.17) is 5.53 Å². The van der Waals surface area contributed by atoms with Crippen LogP contribution in [0.2, 0.25) is 0 Å². The van der Waals surface area contributed by atoms with Gasteiger partial charge in [-0.1, -0.05) is 0 Å². The number of rotatable bonds is 0. The predicted molar refractivity (Wildman–Crippen MR) is 24.9 cm³/mol. The molecule has 0 aliphatic carbocycles. The van der Waals surface area contributed by atoms with E-state index in [0.717, 1.165) is 0 Å². The molecule has 0 spiro atoms. The van der Waals surface area contributed by atoms with Crippen LogP contribution in [0.5, 0.6) is 0 Å². The molecule has 0 saturated carbocycles. The van der Waals surface area contributed by atoms with E-state index in [0.29, 0.717) is 0 Å². The SMILES string of the molecule is CC(C)(C)N=N. The van der Waals surface area contributed by atoms with Gasteiger partial charge in [-0.3, -0.25) is 0 Å². The van der Waals surface area contributed by atoms with Crippen molar-refractivity contribution >= 4 is 0 Å². The quantitative estimate of drug-likeness (QED) is 0.436. The molecule has 0 aliphatic rings. The lowest BCUT2D eigenvalue weighted by atomic mass is 10.1. The topological polar surface area (TPSA) is 36.2 Å². The number of nitrogens with zero attached hydrogens (tertiary/aromatic N) is 1. The van der Waals surface area contributed by atoms with E-state index in [2.05, 4.69) is 5.11 Å². The van der Waals surface area contributed by atoms with E-state index < -0.39 is 0 Å². The molecule has 1 N–H and O–H groups in total. The maximum Gasteiger partial charge on any atom is 0.0729 e. The van der Waals surface area contributed by atoms with Crippen molar-refractivity contribution in [2.45, 2.75) is 26.3 Å². The molecule has 0 aromatic rings. The largest absolute Gasteiger partial charge is 0.209 e. The Balaban J connectivity index is 3.45. The molecule has 0 amide bonds. The molecule has 0 radical (unpaired) electrons. The molecule has 0 rings (SSSR count). The lowest BCUT2D eigenvalue weighted by Crippen LogP contribution is -2.06. The molecular weight excluding hydrogens is 76.1 g/mol. The molecule has 0 bridgehead atoms. The molecule has 0 unspecified atom stereocenters. The molecule has 36 valence electrons. The minimum absolute atomic E-state index is 0.167. The Kier molecular flexibility index (Phi) is 1.28. The first-order valence-electron chi connectivity index (χ1n) is 1.95. The van der Waals surface area contributed by atoms with Crippen LogP contribution in [-0.2, 0) is 0 Å². The van der Waals surface area contributed by atoms with Crippen molar-refractivity contribution in [3.63, 3.8) is 0 Å². The standard InChI is InChI=1S/C4H10N2/c1-4(2,3)6-5/h5H,1-3H3. The van der Waals surface area contributed by atoms with Gasteiger partial charge in [-0.15, -0.1) is 0 Å². The fourth-order valence-electron chi connectivity index (χ4n) is 0. The molecule has 0 aromatic carbocycles. The van der Waals surface area contributed by atoms with Gasteiger partial charge in [-0.25, -0.2) is 5.53 Å². The normalized spacial score (nSPS) is 11.2. The van der Waals surface area contributed by atoms with Gasteiger partial charge in [-0.05, 0) is 20.8 Å². The van der Waals surface area contributed by atoms with Crippen LogP contribution in [0, 0.1) is 5.53 Å². The second-order valence-electron chi connectivity index (χ2n) is 2.28. The zero-order valence-corrected chi connectivity index (χ0v) is 4.45. The highest BCUT2D eigenvalue weighted by Gasteiger charge is 2.03. The molecule has 0 fully saturated rings. The van der Waals surface area contributed by atoms with Gasteiger partial charge in [-0.2, -0.15) is 5.11 Å². The Morgan fingerprint density at radius 1 is 1.33 bits per heavy atom. The summed E-state index contributed by atoms with van der Waals surface area (Å²) in [6.07, 6.45) is 0. The highest BCUT2D eigenvalue weighted by molar-refractivity contribution is 4.63. The maximum absolute atomic E-state index is 6.48. The van der Waals surface area contributed by atoms with Crippen LogP contribution >= 0.6 is 0 Å². The van der Waals surface area contributed by atoms with E-state index in [9.17, 15) is 0 Å². The Bertz CT molecular complexity index is 51.1. The Morgan fingerprint density at radius 2 is 1.50 bits per heavy atom.